The van der Waals surface area contributed by atoms with E-state index in [1.807, 2.05) is 29.8 Å². The highest BCUT2D eigenvalue weighted by molar-refractivity contribution is 6.30. The van der Waals surface area contributed by atoms with Crippen LogP contribution in [0.5, 0.6) is 17.2 Å². The topological polar surface area (TPSA) is 119 Å². The van der Waals surface area contributed by atoms with E-state index in [0.29, 0.717) is 40.3 Å². The number of carbonyl (C=O) groups excluding carboxylic acids is 2. The number of hydrogen-bond donors (Lipinski definition) is 3. The summed E-state index contributed by atoms with van der Waals surface area (Å²) in [5.74, 6) is 1.44. The van der Waals surface area contributed by atoms with Crippen molar-refractivity contribution in [3.8, 4) is 17.2 Å². The maximum absolute atomic E-state index is 12.4. The fraction of sp³-hybridized carbons (Fsp3) is 0.200. The number of methoxy groups -OCH3 is 1. The van der Waals surface area contributed by atoms with Crippen LogP contribution in [0.1, 0.15) is 17.4 Å². The van der Waals surface area contributed by atoms with Crippen molar-refractivity contribution in [2.75, 3.05) is 25.5 Å². The minimum Gasteiger partial charge on any atom is -0.493 e. The number of halogens is 1. The standard InChI is InChI=1S/C25H25ClN6O4/c1-15(33)27-10-11-29-24(34)20-12-18(8-9-28-20)36-23-13-19-21(14-22(23)35-3)32(2)25(31-19)30-17-6-4-16(26)5-7-17/h4-9,12-14H,10-11H2,1-3H3,(H,27,33)(H,29,34)(H,30,31). The molecule has 2 aromatic carbocycles. The van der Waals surface area contributed by atoms with Crippen LogP contribution in [0.15, 0.2) is 54.7 Å². The number of aryl methyl sites for hydroxylation is 1. The molecule has 0 aliphatic carbocycles. The fourth-order valence-electron chi connectivity index (χ4n) is 3.44. The monoisotopic (exact) mass is 508 g/mol. The quantitative estimate of drug-likeness (QED) is 0.292. The first-order valence-corrected chi connectivity index (χ1v) is 11.5. The Morgan fingerprint density at radius 1 is 1.03 bits per heavy atom. The minimum atomic E-state index is -0.379. The van der Waals surface area contributed by atoms with E-state index in [2.05, 4.69) is 25.9 Å². The molecule has 2 amide bonds. The molecule has 0 unspecified atom stereocenters. The zero-order valence-corrected chi connectivity index (χ0v) is 20.7. The van der Waals surface area contributed by atoms with Gasteiger partial charge in [-0.05, 0) is 30.3 Å². The summed E-state index contributed by atoms with van der Waals surface area (Å²) in [6.07, 6.45) is 1.48. The van der Waals surface area contributed by atoms with Crippen molar-refractivity contribution in [2.45, 2.75) is 6.92 Å². The SMILES string of the molecule is COc1cc2c(cc1Oc1ccnc(C(=O)NCCNC(C)=O)c1)nc(Nc1ccc(Cl)cc1)n2C. The molecule has 0 saturated carbocycles. The summed E-state index contributed by atoms with van der Waals surface area (Å²) in [5, 5.41) is 9.25. The van der Waals surface area contributed by atoms with Crippen LogP contribution in [-0.4, -0.2) is 46.5 Å². The van der Waals surface area contributed by atoms with E-state index in [4.69, 9.17) is 21.1 Å². The first-order chi connectivity index (χ1) is 17.3. The Kier molecular flexibility index (Phi) is 7.55. The Morgan fingerprint density at radius 2 is 1.78 bits per heavy atom. The number of amides is 2. The first-order valence-electron chi connectivity index (χ1n) is 11.1. The third-order valence-electron chi connectivity index (χ3n) is 5.24. The lowest BCUT2D eigenvalue weighted by Crippen LogP contribution is -2.33. The second-order valence-electron chi connectivity index (χ2n) is 7.84. The average Bonchev–Trinajstić information content (AvgIpc) is 3.16. The molecule has 186 valence electrons. The van der Waals surface area contributed by atoms with Crippen LogP contribution in [0, 0.1) is 0 Å². The van der Waals surface area contributed by atoms with Gasteiger partial charge >= 0.3 is 0 Å². The maximum atomic E-state index is 12.4. The largest absolute Gasteiger partial charge is 0.493 e. The lowest BCUT2D eigenvalue weighted by atomic mass is 10.2. The minimum absolute atomic E-state index is 0.163. The van der Waals surface area contributed by atoms with Crippen molar-refractivity contribution in [3.63, 3.8) is 0 Å². The summed E-state index contributed by atoms with van der Waals surface area (Å²) in [6.45, 7) is 2.02. The number of nitrogens with zero attached hydrogens (tertiary/aromatic N) is 3. The predicted molar refractivity (Wildman–Crippen MR) is 137 cm³/mol. The van der Waals surface area contributed by atoms with E-state index in [1.165, 1.54) is 19.2 Å². The third-order valence-corrected chi connectivity index (χ3v) is 5.49. The van der Waals surface area contributed by atoms with Crippen LogP contribution in [0.25, 0.3) is 11.0 Å². The van der Waals surface area contributed by atoms with E-state index in [-0.39, 0.29) is 24.1 Å². The van der Waals surface area contributed by atoms with Crippen LogP contribution >= 0.6 is 11.6 Å². The Balaban J connectivity index is 1.54. The van der Waals surface area contributed by atoms with Gasteiger partial charge in [-0.1, -0.05) is 11.6 Å². The highest BCUT2D eigenvalue weighted by Crippen LogP contribution is 2.36. The zero-order chi connectivity index (χ0) is 25.7. The zero-order valence-electron chi connectivity index (χ0n) is 20.0. The number of imidazole rings is 1. The molecule has 0 atom stereocenters. The predicted octanol–water partition coefficient (Wildman–Crippen LogP) is 4.03. The van der Waals surface area contributed by atoms with Crippen LogP contribution in [-0.2, 0) is 11.8 Å². The molecule has 0 radical (unpaired) electrons. The number of carbonyl (C=O) groups is 2. The maximum Gasteiger partial charge on any atom is 0.270 e. The molecule has 4 aromatic rings. The van der Waals surface area contributed by atoms with Crippen molar-refractivity contribution in [1.29, 1.82) is 0 Å². The number of hydrogen-bond acceptors (Lipinski definition) is 7. The van der Waals surface area contributed by atoms with Crippen molar-refractivity contribution in [3.05, 3.63) is 65.4 Å². The summed E-state index contributed by atoms with van der Waals surface area (Å²) in [6, 6.07) is 14.1. The van der Waals surface area contributed by atoms with Crippen molar-refractivity contribution in [1.82, 2.24) is 25.2 Å². The Hall–Kier alpha value is -4.31. The second-order valence-corrected chi connectivity index (χ2v) is 8.27. The summed E-state index contributed by atoms with van der Waals surface area (Å²) in [5.41, 5.74) is 2.56. The molecule has 0 aliphatic rings. The van der Waals surface area contributed by atoms with Gasteiger partial charge in [-0.2, -0.15) is 0 Å². The lowest BCUT2D eigenvalue weighted by molar-refractivity contribution is -0.118. The number of anilines is 2. The van der Waals surface area contributed by atoms with Gasteiger partial charge in [0.05, 0.1) is 18.1 Å². The third kappa shape index (κ3) is 5.84. The molecular weight excluding hydrogens is 484 g/mol. The fourth-order valence-corrected chi connectivity index (χ4v) is 3.57. The van der Waals surface area contributed by atoms with Gasteiger partial charge in [0.15, 0.2) is 11.5 Å². The molecule has 0 fully saturated rings. The number of rotatable bonds is 9. The number of fused-ring (bicyclic) bond motifs is 1. The number of ether oxygens (including phenoxy) is 2. The Morgan fingerprint density at radius 3 is 2.50 bits per heavy atom. The molecule has 3 N–H and O–H groups in total. The van der Waals surface area contributed by atoms with Crippen molar-refractivity contribution >= 4 is 46.1 Å². The average molecular weight is 509 g/mol. The number of pyridine rings is 1. The molecule has 10 nitrogen and oxygen atoms in total. The van der Waals surface area contributed by atoms with Crippen LogP contribution < -0.4 is 25.4 Å². The summed E-state index contributed by atoms with van der Waals surface area (Å²) in [7, 11) is 3.45. The van der Waals surface area contributed by atoms with Gasteiger partial charge in [0.25, 0.3) is 5.91 Å². The molecule has 0 saturated heterocycles. The number of aromatic nitrogens is 3. The first kappa shape index (κ1) is 24.8. The molecule has 11 heteroatoms. The van der Waals surface area contributed by atoms with Gasteiger partial charge in [0.1, 0.15) is 11.4 Å². The molecule has 0 bridgehead atoms. The summed E-state index contributed by atoms with van der Waals surface area (Å²) >= 11 is 5.98. The number of benzene rings is 2. The second kappa shape index (κ2) is 11.0. The Bertz CT molecular complexity index is 1400. The summed E-state index contributed by atoms with van der Waals surface area (Å²) in [4.78, 5) is 32.1. The van der Waals surface area contributed by atoms with Gasteiger partial charge < -0.3 is 30.0 Å². The van der Waals surface area contributed by atoms with Crippen molar-refractivity contribution in [2.24, 2.45) is 7.05 Å². The summed E-state index contributed by atoms with van der Waals surface area (Å²) < 4.78 is 13.5. The van der Waals surface area contributed by atoms with Gasteiger partial charge in [-0.25, -0.2) is 4.98 Å². The van der Waals surface area contributed by atoms with Crippen LogP contribution in [0.3, 0.4) is 0 Å². The number of nitrogens with one attached hydrogen (secondary N) is 3. The van der Waals surface area contributed by atoms with E-state index >= 15 is 0 Å². The van der Waals surface area contributed by atoms with E-state index in [9.17, 15) is 9.59 Å². The molecule has 0 aliphatic heterocycles. The van der Waals surface area contributed by atoms with Gasteiger partial charge in [0, 0.05) is 62.2 Å². The lowest BCUT2D eigenvalue weighted by Gasteiger charge is -2.12. The highest BCUT2D eigenvalue weighted by atomic mass is 35.5. The van der Waals surface area contributed by atoms with Gasteiger partial charge in [0.2, 0.25) is 11.9 Å². The van der Waals surface area contributed by atoms with Gasteiger partial charge in [-0.3, -0.25) is 14.6 Å². The van der Waals surface area contributed by atoms with Crippen LogP contribution in [0.2, 0.25) is 5.02 Å². The molecular formula is C25H25ClN6O4. The Labute approximate surface area is 212 Å². The molecule has 0 spiro atoms. The smallest absolute Gasteiger partial charge is 0.270 e. The van der Waals surface area contributed by atoms with Gasteiger partial charge in [-0.15, -0.1) is 0 Å². The molecule has 36 heavy (non-hydrogen) atoms. The van der Waals surface area contributed by atoms with E-state index < -0.39 is 0 Å². The molecule has 2 heterocycles. The van der Waals surface area contributed by atoms with Crippen molar-refractivity contribution < 1.29 is 19.1 Å². The van der Waals surface area contributed by atoms with Crippen LogP contribution in [0.4, 0.5) is 11.6 Å². The normalized spacial score (nSPS) is 10.7. The molecule has 2 aromatic heterocycles. The van der Waals surface area contributed by atoms with E-state index in [1.54, 1.807) is 31.4 Å². The molecule has 4 rings (SSSR count). The highest BCUT2D eigenvalue weighted by Gasteiger charge is 2.16. The van der Waals surface area contributed by atoms with E-state index in [0.717, 1.165) is 11.2 Å².